The van der Waals surface area contributed by atoms with E-state index in [0.717, 1.165) is 32.2 Å². The first-order chi connectivity index (χ1) is 28.9. The fraction of sp³-hybridized carbons (Fsp3) is 0.896. The summed E-state index contributed by atoms with van der Waals surface area (Å²) < 4.78 is 11.8. The van der Waals surface area contributed by atoms with Crippen molar-refractivity contribution in [2.45, 2.75) is 214 Å². The van der Waals surface area contributed by atoms with E-state index in [1.165, 1.54) is 84.7 Å². The van der Waals surface area contributed by atoms with E-state index in [-0.39, 0.29) is 47.9 Å². The number of rotatable bonds is 33. The molecule has 13 heteroatoms. The smallest absolute Gasteiger partial charge is 0.325 e. The summed E-state index contributed by atoms with van der Waals surface area (Å²) in [5, 5.41) is 15.0. The zero-order valence-electron chi connectivity index (χ0n) is 40.9. The van der Waals surface area contributed by atoms with Gasteiger partial charge in [-0.1, -0.05) is 139 Å². The van der Waals surface area contributed by atoms with Crippen LogP contribution in [-0.4, -0.2) is 133 Å². The van der Waals surface area contributed by atoms with Crippen molar-refractivity contribution >= 4 is 29.6 Å². The Bertz CT molecular complexity index is 1280. The van der Waals surface area contributed by atoms with E-state index in [0.29, 0.717) is 13.0 Å². The zero-order valence-corrected chi connectivity index (χ0v) is 40.9. The second-order valence-corrected chi connectivity index (χ2v) is 18.8. The second-order valence-electron chi connectivity index (χ2n) is 18.8. The number of unbranched alkanes of at least 4 members (excludes halogenated alkanes) is 12. The molecule has 13 nitrogen and oxygen atoms in total. The fourth-order valence-electron chi connectivity index (χ4n) is 9.21. The van der Waals surface area contributed by atoms with Crippen LogP contribution in [-0.2, 0) is 33.4 Å². The lowest BCUT2D eigenvalue weighted by Gasteiger charge is -2.41. The molecule has 61 heavy (non-hydrogen) atoms. The van der Waals surface area contributed by atoms with Crippen molar-refractivity contribution in [1.29, 1.82) is 0 Å². The number of methoxy groups -OCH3 is 2. The van der Waals surface area contributed by atoms with Crippen LogP contribution in [0.25, 0.3) is 0 Å². The van der Waals surface area contributed by atoms with Crippen molar-refractivity contribution in [3.63, 3.8) is 0 Å². The van der Waals surface area contributed by atoms with E-state index in [9.17, 15) is 29.1 Å². The lowest BCUT2D eigenvalue weighted by Crippen LogP contribution is -2.60. The summed E-state index contributed by atoms with van der Waals surface area (Å²) in [7, 11) is 6.82. The Hall–Kier alpha value is -2.77. The summed E-state index contributed by atoms with van der Waals surface area (Å²) in [5.41, 5.74) is 0. The molecule has 1 aliphatic heterocycles. The SMILES string of the molecule is CCCCCCCCCCCCCCCN(C)[C@H](C(=O)N[C@H](C(=O)N(C)[C@@H]([C@@H](C)CC)[C@@H](CC(=O)N1CCC[C@H]1[C@H](OC)[C@@H](C)C(=O)N[C@@H](C)C(=O)O)OC)C(C)C)C(C)C. The quantitative estimate of drug-likeness (QED) is 0.0563. The number of likely N-dealkylation sites (N-methyl/N-ethyl adjacent to an activating group) is 2. The molecule has 356 valence electrons. The van der Waals surface area contributed by atoms with Crippen LogP contribution in [0.4, 0.5) is 0 Å². The average Bonchev–Trinajstić information content (AvgIpc) is 3.70. The van der Waals surface area contributed by atoms with E-state index in [2.05, 4.69) is 36.3 Å². The molecule has 0 saturated carbocycles. The highest BCUT2D eigenvalue weighted by atomic mass is 16.5. The van der Waals surface area contributed by atoms with Crippen molar-refractivity contribution < 1.29 is 38.6 Å². The molecule has 1 aliphatic rings. The summed E-state index contributed by atoms with van der Waals surface area (Å²) in [6, 6.07) is -3.08. The summed E-state index contributed by atoms with van der Waals surface area (Å²) in [6.45, 7) is 18.7. The van der Waals surface area contributed by atoms with Crippen molar-refractivity contribution in [3.05, 3.63) is 0 Å². The maximum Gasteiger partial charge on any atom is 0.325 e. The van der Waals surface area contributed by atoms with Gasteiger partial charge >= 0.3 is 5.97 Å². The number of likely N-dealkylation sites (tertiary alicyclic amines) is 1. The largest absolute Gasteiger partial charge is 0.480 e. The van der Waals surface area contributed by atoms with Gasteiger partial charge in [-0.25, -0.2) is 0 Å². The molecular formula is C48H91N5O8. The Labute approximate surface area is 371 Å². The predicted molar refractivity (Wildman–Crippen MR) is 245 cm³/mol. The Balaban J connectivity index is 2.99. The molecular weight excluding hydrogens is 775 g/mol. The minimum absolute atomic E-state index is 0.00476. The number of nitrogens with one attached hydrogen (secondary N) is 2. The number of hydrogen-bond acceptors (Lipinski definition) is 8. The summed E-state index contributed by atoms with van der Waals surface area (Å²) in [6.07, 6.45) is 17.6. The topological polar surface area (TPSA) is 158 Å². The van der Waals surface area contributed by atoms with Crippen LogP contribution in [0.5, 0.6) is 0 Å². The number of hydrogen-bond donors (Lipinski definition) is 3. The molecule has 0 bridgehead atoms. The minimum Gasteiger partial charge on any atom is -0.480 e. The Morgan fingerprint density at radius 1 is 0.738 bits per heavy atom. The van der Waals surface area contributed by atoms with E-state index in [4.69, 9.17) is 9.47 Å². The molecule has 0 aromatic carbocycles. The standard InChI is InChI=1S/C48H91N5O8/c1-14-16-17-18-19-20-21-22-23-24-25-26-27-30-51(10)42(34(5)6)46(56)50-41(33(3)4)47(57)52(11)43(35(7)15-2)39(60-12)32-40(54)53-31-28-29-38(53)44(61-13)36(8)45(55)49-37(9)48(58)59/h33-39,41-44H,14-32H2,1-13H3,(H,49,55)(H,50,56)(H,58,59)/t35-,36+,37-,38-,39+,41-,42-,43-,44+/m0/s1. The van der Waals surface area contributed by atoms with Gasteiger partial charge in [0, 0.05) is 27.8 Å². The molecule has 9 atom stereocenters. The third-order valence-electron chi connectivity index (χ3n) is 13.2. The predicted octanol–water partition coefficient (Wildman–Crippen LogP) is 7.68. The Morgan fingerprint density at radius 3 is 1.74 bits per heavy atom. The highest BCUT2D eigenvalue weighted by molar-refractivity contribution is 5.90. The van der Waals surface area contributed by atoms with Gasteiger partial charge in [-0.05, 0) is 57.5 Å². The number of carboxylic acids is 1. The van der Waals surface area contributed by atoms with Gasteiger partial charge in [0.05, 0.1) is 42.7 Å². The maximum atomic E-state index is 14.5. The van der Waals surface area contributed by atoms with Gasteiger partial charge < -0.3 is 35.0 Å². The summed E-state index contributed by atoms with van der Waals surface area (Å²) >= 11 is 0. The number of nitrogens with zero attached hydrogens (tertiary/aromatic N) is 3. The van der Waals surface area contributed by atoms with Crippen LogP contribution >= 0.6 is 0 Å². The molecule has 0 aromatic heterocycles. The Kier molecular flexibility index (Phi) is 28.0. The van der Waals surface area contributed by atoms with Gasteiger partial charge in [-0.2, -0.15) is 0 Å². The lowest BCUT2D eigenvalue weighted by atomic mass is 9.89. The minimum atomic E-state index is -1.14. The maximum absolute atomic E-state index is 14.5. The lowest BCUT2D eigenvalue weighted by molar-refractivity contribution is -0.148. The van der Waals surface area contributed by atoms with Crippen LogP contribution < -0.4 is 10.6 Å². The molecule has 3 N–H and O–H groups in total. The first-order valence-corrected chi connectivity index (χ1v) is 24.0. The van der Waals surface area contributed by atoms with Crippen LogP contribution in [0.3, 0.4) is 0 Å². The highest BCUT2D eigenvalue weighted by Crippen LogP contribution is 2.30. The highest BCUT2D eigenvalue weighted by Gasteiger charge is 2.43. The van der Waals surface area contributed by atoms with Crippen LogP contribution in [0, 0.1) is 23.7 Å². The van der Waals surface area contributed by atoms with Gasteiger partial charge in [-0.15, -0.1) is 0 Å². The van der Waals surface area contributed by atoms with Gasteiger partial charge in [0.2, 0.25) is 23.6 Å². The molecule has 1 saturated heterocycles. The molecule has 0 aromatic rings. The number of carbonyl (C=O) groups excluding carboxylic acids is 4. The van der Waals surface area contributed by atoms with Crippen LogP contribution in [0.1, 0.15) is 171 Å². The third-order valence-corrected chi connectivity index (χ3v) is 13.2. The van der Waals surface area contributed by atoms with Crippen molar-refractivity contribution in [1.82, 2.24) is 25.3 Å². The number of aliphatic carboxylic acids is 1. The number of carboxylic acid groups (broad SMARTS) is 1. The Morgan fingerprint density at radius 2 is 1.28 bits per heavy atom. The summed E-state index contributed by atoms with van der Waals surface area (Å²) in [4.78, 5) is 72.7. The monoisotopic (exact) mass is 866 g/mol. The molecule has 0 radical (unpaired) electrons. The molecule has 1 heterocycles. The number of ether oxygens (including phenoxy) is 2. The molecule has 0 unspecified atom stereocenters. The molecule has 1 fully saturated rings. The average molecular weight is 866 g/mol. The van der Waals surface area contributed by atoms with Crippen molar-refractivity contribution in [2.75, 3.05) is 41.4 Å². The first-order valence-electron chi connectivity index (χ1n) is 24.0. The van der Waals surface area contributed by atoms with Gasteiger partial charge in [0.1, 0.15) is 12.1 Å². The van der Waals surface area contributed by atoms with Crippen molar-refractivity contribution in [2.24, 2.45) is 23.7 Å². The zero-order chi connectivity index (χ0) is 46.2. The van der Waals surface area contributed by atoms with E-state index < -0.39 is 54.2 Å². The van der Waals surface area contributed by atoms with E-state index >= 15 is 0 Å². The van der Waals surface area contributed by atoms with Gasteiger partial charge in [0.15, 0.2) is 0 Å². The van der Waals surface area contributed by atoms with Gasteiger partial charge in [0.25, 0.3) is 0 Å². The number of carbonyl (C=O) groups is 5. The molecule has 1 rings (SSSR count). The summed E-state index contributed by atoms with van der Waals surface area (Å²) in [5.74, 6) is -3.03. The van der Waals surface area contributed by atoms with Crippen LogP contribution in [0.15, 0.2) is 0 Å². The van der Waals surface area contributed by atoms with Gasteiger partial charge in [-0.3, -0.25) is 28.9 Å². The normalized spacial score (nSPS) is 18.4. The second kappa shape index (κ2) is 30.3. The first kappa shape index (κ1) is 56.2. The molecule has 0 aliphatic carbocycles. The third kappa shape index (κ3) is 18.9. The van der Waals surface area contributed by atoms with E-state index in [1.807, 2.05) is 34.7 Å². The van der Waals surface area contributed by atoms with Crippen molar-refractivity contribution in [3.8, 4) is 0 Å². The number of amides is 4. The fourth-order valence-corrected chi connectivity index (χ4v) is 9.21. The van der Waals surface area contributed by atoms with Crippen LogP contribution in [0.2, 0.25) is 0 Å². The van der Waals surface area contributed by atoms with E-state index in [1.54, 1.807) is 30.9 Å². The molecule has 4 amide bonds. The molecule has 0 spiro atoms.